The van der Waals surface area contributed by atoms with Crippen molar-refractivity contribution in [3.05, 3.63) is 65.7 Å². The molecule has 2 aromatic carbocycles. The molecule has 0 bridgehead atoms. The third-order valence-electron chi connectivity index (χ3n) is 2.68. The molecule has 6 nitrogen and oxygen atoms in total. The van der Waals surface area contributed by atoms with Crippen molar-refractivity contribution < 1.29 is 24.5 Å². The average molecular weight is 315 g/mol. The van der Waals surface area contributed by atoms with Gasteiger partial charge in [-0.25, -0.2) is 4.79 Å². The zero-order valence-electron chi connectivity index (χ0n) is 12.5. The molecule has 0 saturated heterocycles. The summed E-state index contributed by atoms with van der Waals surface area (Å²) in [7, 11) is 1.43. The van der Waals surface area contributed by atoms with Crippen molar-refractivity contribution in [2.45, 2.75) is 0 Å². The Morgan fingerprint density at radius 2 is 1.78 bits per heavy atom. The van der Waals surface area contributed by atoms with Gasteiger partial charge in [0.05, 0.1) is 7.11 Å². The molecule has 0 aromatic heterocycles. The van der Waals surface area contributed by atoms with Crippen molar-refractivity contribution >= 4 is 18.0 Å². The standard InChI is InChI=1S/C10H10O4.C7H7NO/c1-14-9-6-7(2-4-8(9)11)3-5-10(12)13;8-7(9)6-4-2-1-3-5-6/h2-6,11H,1H3,(H,12,13);1-5H,(H2,8,9). The van der Waals surface area contributed by atoms with Gasteiger partial charge < -0.3 is 20.7 Å². The predicted molar refractivity (Wildman–Crippen MR) is 86.3 cm³/mol. The fourth-order valence-corrected chi connectivity index (χ4v) is 1.57. The smallest absolute Gasteiger partial charge is 0.328 e. The highest BCUT2D eigenvalue weighted by atomic mass is 16.5. The molecule has 6 heteroatoms. The molecular weight excluding hydrogens is 298 g/mol. The number of rotatable bonds is 4. The average Bonchev–Trinajstić information content (AvgIpc) is 2.55. The number of benzene rings is 2. The summed E-state index contributed by atoms with van der Waals surface area (Å²) in [6, 6.07) is 13.4. The summed E-state index contributed by atoms with van der Waals surface area (Å²) in [4.78, 5) is 20.6. The van der Waals surface area contributed by atoms with Crippen molar-refractivity contribution in [1.82, 2.24) is 0 Å². The highest BCUT2D eigenvalue weighted by molar-refractivity contribution is 5.92. The summed E-state index contributed by atoms with van der Waals surface area (Å²) in [6.45, 7) is 0. The highest BCUT2D eigenvalue weighted by Crippen LogP contribution is 2.26. The van der Waals surface area contributed by atoms with Crippen LogP contribution in [-0.2, 0) is 4.79 Å². The molecule has 0 fully saturated rings. The van der Waals surface area contributed by atoms with Crippen LogP contribution < -0.4 is 10.5 Å². The number of nitrogens with two attached hydrogens (primary N) is 1. The molecule has 4 N–H and O–H groups in total. The number of carbonyl (C=O) groups excluding carboxylic acids is 1. The van der Waals surface area contributed by atoms with E-state index in [4.69, 9.17) is 15.6 Å². The van der Waals surface area contributed by atoms with Crippen LogP contribution in [0.5, 0.6) is 11.5 Å². The second-order valence-electron chi connectivity index (χ2n) is 4.33. The highest BCUT2D eigenvalue weighted by Gasteiger charge is 2.00. The molecule has 2 rings (SSSR count). The molecule has 120 valence electrons. The summed E-state index contributed by atoms with van der Waals surface area (Å²) in [5.74, 6) is -1.05. The number of aromatic hydroxyl groups is 1. The van der Waals surface area contributed by atoms with Crippen molar-refractivity contribution in [2.24, 2.45) is 5.73 Å². The zero-order valence-corrected chi connectivity index (χ0v) is 12.5. The number of hydrogen-bond donors (Lipinski definition) is 3. The first kappa shape index (κ1) is 17.8. The Morgan fingerprint density at radius 1 is 1.13 bits per heavy atom. The summed E-state index contributed by atoms with van der Waals surface area (Å²) in [5.41, 5.74) is 6.18. The van der Waals surface area contributed by atoms with E-state index in [0.717, 1.165) is 6.08 Å². The lowest BCUT2D eigenvalue weighted by atomic mass is 10.2. The van der Waals surface area contributed by atoms with Gasteiger partial charge in [-0.05, 0) is 35.9 Å². The number of carboxylic acid groups (broad SMARTS) is 1. The predicted octanol–water partition coefficient (Wildman–Crippen LogP) is 2.28. The number of primary amides is 1. The first-order chi connectivity index (χ1) is 10.9. The van der Waals surface area contributed by atoms with E-state index in [0.29, 0.717) is 16.9 Å². The largest absolute Gasteiger partial charge is 0.504 e. The topological polar surface area (TPSA) is 110 Å². The van der Waals surface area contributed by atoms with Gasteiger partial charge in [0.15, 0.2) is 11.5 Å². The summed E-state index contributed by atoms with van der Waals surface area (Å²) < 4.78 is 4.86. The van der Waals surface area contributed by atoms with Gasteiger partial charge in [0.1, 0.15) is 0 Å². The maximum Gasteiger partial charge on any atom is 0.328 e. The maximum atomic E-state index is 10.4. The first-order valence-corrected chi connectivity index (χ1v) is 6.57. The van der Waals surface area contributed by atoms with Crippen LogP contribution in [-0.4, -0.2) is 29.2 Å². The molecule has 0 saturated carbocycles. The number of phenolic OH excluding ortho intramolecular Hbond substituents is 1. The van der Waals surface area contributed by atoms with E-state index in [2.05, 4.69) is 0 Å². The Bertz CT molecular complexity index is 695. The number of hydrogen-bond acceptors (Lipinski definition) is 4. The molecule has 0 aliphatic carbocycles. The van der Waals surface area contributed by atoms with E-state index < -0.39 is 5.97 Å². The van der Waals surface area contributed by atoms with Gasteiger partial charge in [-0.1, -0.05) is 24.3 Å². The zero-order chi connectivity index (χ0) is 17.2. The number of carbonyl (C=O) groups is 2. The third-order valence-corrected chi connectivity index (χ3v) is 2.68. The lowest BCUT2D eigenvalue weighted by molar-refractivity contribution is -0.131. The van der Waals surface area contributed by atoms with Crippen LogP contribution in [0.3, 0.4) is 0 Å². The van der Waals surface area contributed by atoms with E-state index in [1.807, 2.05) is 6.07 Å². The molecular formula is C17H17NO5. The number of carboxylic acids is 1. The normalized spacial score (nSPS) is 9.78. The molecule has 0 aliphatic rings. The van der Waals surface area contributed by atoms with Crippen molar-refractivity contribution in [3.8, 4) is 11.5 Å². The minimum Gasteiger partial charge on any atom is -0.504 e. The summed E-state index contributed by atoms with van der Waals surface area (Å²) >= 11 is 0. The van der Waals surface area contributed by atoms with Crippen LogP contribution in [0.2, 0.25) is 0 Å². The van der Waals surface area contributed by atoms with Crippen LogP contribution in [0.4, 0.5) is 0 Å². The van der Waals surface area contributed by atoms with E-state index in [-0.39, 0.29) is 11.7 Å². The quantitative estimate of drug-likeness (QED) is 0.750. The molecule has 1 amide bonds. The fraction of sp³-hybridized carbons (Fsp3) is 0.0588. The van der Waals surface area contributed by atoms with Gasteiger partial charge in [-0.15, -0.1) is 0 Å². The molecule has 0 atom stereocenters. The van der Waals surface area contributed by atoms with Gasteiger partial charge >= 0.3 is 5.97 Å². The van der Waals surface area contributed by atoms with Crippen LogP contribution >= 0.6 is 0 Å². The maximum absolute atomic E-state index is 10.4. The molecule has 2 aromatic rings. The Labute approximate surface area is 133 Å². The van der Waals surface area contributed by atoms with Crippen LogP contribution in [0.15, 0.2) is 54.6 Å². The van der Waals surface area contributed by atoms with Crippen molar-refractivity contribution in [1.29, 1.82) is 0 Å². The molecule has 0 heterocycles. The van der Waals surface area contributed by atoms with E-state index >= 15 is 0 Å². The third kappa shape index (κ3) is 6.34. The number of methoxy groups -OCH3 is 1. The van der Waals surface area contributed by atoms with Crippen LogP contribution in [0, 0.1) is 0 Å². The van der Waals surface area contributed by atoms with Crippen molar-refractivity contribution in [2.75, 3.05) is 7.11 Å². The summed E-state index contributed by atoms with van der Waals surface area (Å²) in [6.07, 6.45) is 2.44. The van der Waals surface area contributed by atoms with Gasteiger partial charge in [-0.2, -0.15) is 0 Å². The Kier molecular flexibility index (Phi) is 6.87. The molecule has 23 heavy (non-hydrogen) atoms. The lowest BCUT2D eigenvalue weighted by Gasteiger charge is -2.03. The van der Waals surface area contributed by atoms with Gasteiger partial charge in [0.2, 0.25) is 5.91 Å². The second-order valence-corrected chi connectivity index (χ2v) is 4.33. The molecule has 0 spiro atoms. The van der Waals surface area contributed by atoms with Crippen molar-refractivity contribution in [3.63, 3.8) is 0 Å². The van der Waals surface area contributed by atoms with Gasteiger partial charge in [-0.3, -0.25) is 4.79 Å². The van der Waals surface area contributed by atoms with Gasteiger partial charge in [0, 0.05) is 11.6 Å². The molecule has 0 unspecified atom stereocenters. The van der Waals surface area contributed by atoms with Crippen LogP contribution in [0.1, 0.15) is 15.9 Å². The molecule has 0 radical (unpaired) electrons. The number of phenols is 1. The van der Waals surface area contributed by atoms with E-state index in [1.54, 1.807) is 36.4 Å². The lowest BCUT2D eigenvalue weighted by Crippen LogP contribution is -2.09. The van der Waals surface area contributed by atoms with E-state index in [9.17, 15) is 14.7 Å². The minimum atomic E-state index is -1.02. The first-order valence-electron chi connectivity index (χ1n) is 6.57. The minimum absolute atomic E-state index is 0.0278. The SMILES string of the molecule is COc1cc(C=CC(=O)O)ccc1O.NC(=O)c1ccccc1. The monoisotopic (exact) mass is 315 g/mol. The second kappa shape index (κ2) is 8.89. The van der Waals surface area contributed by atoms with Gasteiger partial charge in [0.25, 0.3) is 0 Å². The number of ether oxygens (including phenoxy) is 1. The number of aliphatic carboxylic acids is 1. The van der Waals surface area contributed by atoms with Crippen LogP contribution in [0.25, 0.3) is 6.08 Å². The number of amides is 1. The Morgan fingerprint density at radius 3 is 2.26 bits per heavy atom. The van der Waals surface area contributed by atoms with E-state index in [1.165, 1.54) is 19.3 Å². The molecule has 0 aliphatic heterocycles. The Hall–Kier alpha value is -3.28. The summed E-state index contributed by atoms with van der Waals surface area (Å²) in [5, 5.41) is 17.6. The Balaban J connectivity index is 0.000000253. The fourth-order valence-electron chi connectivity index (χ4n) is 1.57.